The molecule has 0 atom stereocenters. The normalized spacial score (nSPS) is 9.47. The van der Waals surface area contributed by atoms with Crippen LogP contribution in [0.15, 0.2) is 67.3 Å². The first-order valence-corrected chi connectivity index (χ1v) is 9.85. The van der Waals surface area contributed by atoms with Gasteiger partial charge in [0.15, 0.2) is 5.82 Å². The van der Waals surface area contributed by atoms with Gasteiger partial charge in [0.05, 0.1) is 35.2 Å². The lowest BCUT2D eigenvalue weighted by atomic mass is 10.1. The number of carboxylic acids is 2. The number of carboxylic acid groups (broad SMARTS) is 2. The molecule has 0 radical (unpaired) electrons. The molecule has 0 spiro atoms. The van der Waals surface area contributed by atoms with Gasteiger partial charge in [0.1, 0.15) is 11.5 Å². The molecule has 34 heavy (non-hydrogen) atoms. The van der Waals surface area contributed by atoms with Crippen molar-refractivity contribution >= 4 is 11.9 Å². The van der Waals surface area contributed by atoms with Crippen LogP contribution in [-0.4, -0.2) is 47.1 Å². The zero-order chi connectivity index (χ0) is 25.1. The summed E-state index contributed by atoms with van der Waals surface area (Å²) in [7, 11) is 0. The molecule has 4 aromatic rings. The first-order valence-electron chi connectivity index (χ1n) is 9.85. The van der Waals surface area contributed by atoms with Gasteiger partial charge in [-0.2, -0.15) is 20.3 Å². The molecule has 0 saturated heterocycles. The van der Waals surface area contributed by atoms with Crippen molar-refractivity contribution in [1.29, 1.82) is 5.26 Å². The van der Waals surface area contributed by atoms with E-state index in [0.29, 0.717) is 5.69 Å². The third-order valence-corrected chi connectivity index (χ3v) is 4.01. The molecule has 4 rings (SSSR count). The Balaban J connectivity index is 0.000000224. The summed E-state index contributed by atoms with van der Waals surface area (Å²) in [6.07, 6.45) is 5.84. The molecule has 10 nitrogen and oxygen atoms in total. The molecule has 0 bridgehead atoms. The molecule has 2 N–H and O–H groups in total. The minimum atomic E-state index is -1.14. The van der Waals surface area contributed by atoms with Crippen LogP contribution in [0.5, 0.6) is 0 Å². The fraction of sp³-hybridized carbons (Fsp3) is 0.0870. The van der Waals surface area contributed by atoms with Gasteiger partial charge in [-0.05, 0) is 42.5 Å². The summed E-state index contributed by atoms with van der Waals surface area (Å²) in [6.45, 7) is 4.00. The fourth-order valence-electron chi connectivity index (χ4n) is 2.62. The number of hydrogen-bond donors (Lipinski definition) is 2. The van der Waals surface area contributed by atoms with E-state index in [-0.39, 0.29) is 28.1 Å². The molecule has 2 aromatic heterocycles. The largest absolute Gasteiger partial charge is 0.478 e. The first kappa shape index (κ1) is 25.3. The molecule has 0 aliphatic heterocycles. The van der Waals surface area contributed by atoms with E-state index >= 15 is 0 Å². The van der Waals surface area contributed by atoms with Crippen LogP contribution in [0, 0.1) is 17.1 Å². The monoisotopic (exact) mass is 462 g/mol. The van der Waals surface area contributed by atoms with E-state index < -0.39 is 17.8 Å². The van der Waals surface area contributed by atoms with Gasteiger partial charge in [0, 0.05) is 18.0 Å². The Hall–Kier alpha value is -4.98. The number of nitriles is 1. The van der Waals surface area contributed by atoms with Gasteiger partial charge in [-0.3, -0.25) is 0 Å². The minimum Gasteiger partial charge on any atom is -0.478 e. The number of hydrogen-bond acceptors (Lipinski definition) is 7. The molecule has 172 valence electrons. The van der Waals surface area contributed by atoms with Crippen molar-refractivity contribution in [2.45, 2.75) is 13.8 Å². The van der Waals surface area contributed by atoms with Gasteiger partial charge in [0.2, 0.25) is 0 Å². The van der Waals surface area contributed by atoms with Crippen molar-refractivity contribution in [1.82, 2.24) is 25.0 Å². The summed E-state index contributed by atoms with van der Waals surface area (Å²) in [5, 5.41) is 34.3. The number of carbonyl (C=O) groups is 2. The third-order valence-electron chi connectivity index (χ3n) is 4.01. The number of aromatic carboxylic acids is 2. The summed E-state index contributed by atoms with van der Waals surface area (Å²) in [5.41, 5.74) is 0.765. The van der Waals surface area contributed by atoms with Gasteiger partial charge >= 0.3 is 11.9 Å². The molecule has 0 saturated carbocycles. The molecule has 0 fully saturated rings. The van der Waals surface area contributed by atoms with E-state index in [9.17, 15) is 14.0 Å². The van der Waals surface area contributed by atoms with Gasteiger partial charge < -0.3 is 10.2 Å². The van der Waals surface area contributed by atoms with Crippen molar-refractivity contribution in [2.24, 2.45) is 0 Å². The molecule has 2 aromatic carbocycles. The number of rotatable bonds is 4. The van der Waals surface area contributed by atoms with Crippen LogP contribution in [0.25, 0.3) is 17.1 Å². The Bertz CT molecular complexity index is 1310. The molecule has 0 aliphatic rings. The van der Waals surface area contributed by atoms with Gasteiger partial charge in [-0.15, -0.1) is 0 Å². The molecular formula is C23H19FN6O4. The summed E-state index contributed by atoms with van der Waals surface area (Å²) in [6, 6.07) is 11.2. The lowest BCUT2D eigenvalue weighted by molar-refractivity contribution is 0.0686. The summed E-state index contributed by atoms with van der Waals surface area (Å²) < 4.78 is 13.0. The van der Waals surface area contributed by atoms with Crippen LogP contribution in [0.1, 0.15) is 40.1 Å². The number of benzene rings is 2. The smallest absolute Gasteiger partial charge is 0.338 e. The highest BCUT2D eigenvalue weighted by Gasteiger charge is 2.14. The minimum absolute atomic E-state index is 0.00440. The quantitative estimate of drug-likeness (QED) is 0.460. The average molecular weight is 462 g/mol. The summed E-state index contributed by atoms with van der Waals surface area (Å²) in [4.78, 5) is 30.9. The first-order chi connectivity index (χ1) is 16.4. The van der Waals surface area contributed by atoms with Crippen molar-refractivity contribution < 1.29 is 24.2 Å². The predicted octanol–water partition coefficient (Wildman–Crippen LogP) is 3.84. The second-order valence-corrected chi connectivity index (χ2v) is 6.03. The number of halogens is 1. The van der Waals surface area contributed by atoms with Gasteiger partial charge in [-0.1, -0.05) is 13.8 Å². The molecule has 11 heteroatoms. The van der Waals surface area contributed by atoms with E-state index in [1.807, 2.05) is 19.9 Å². The Morgan fingerprint density at radius 3 is 2.09 bits per heavy atom. The molecular weight excluding hydrogens is 443 g/mol. The molecule has 0 unspecified atom stereocenters. The van der Waals surface area contributed by atoms with Crippen molar-refractivity contribution in [3.63, 3.8) is 0 Å². The highest BCUT2D eigenvalue weighted by Crippen LogP contribution is 2.21. The van der Waals surface area contributed by atoms with E-state index in [1.165, 1.54) is 53.8 Å². The maximum atomic E-state index is 13.0. The standard InChI is InChI=1S/C11H7FN2O2.C10H6N4O2.C2H6/c12-7-2-3-8(11(15)16)9(6-7)10-13-4-1-5-14-10;11-6-7-1-2-9(8(5-7)10(15)16)14-12-3-4-13-14;1-2/h1-6H,(H,15,16);1-5H,(H,15,16);1-2H3. The van der Waals surface area contributed by atoms with Crippen molar-refractivity contribution in [3.8, 4) is 23.1 Å². The van der Waals surface area contributed by atoms with Crippen molar-refractivity contribution in [3.05, 3.63) is 89.8 Å². The van der Waals surface area contributed by atoms with Crippen LogP contribution in [0.3, 0.4) is 0 Å². The Morgan fingerprint density at radius 1 is 0.912 bits per heavy atom. The average Bonchev–Trinajstić information content (AvgIpc) is 3.40. The van der Waals surface area contributed by atoms with Crippen LogP contribution in [0.2, 0.25) is 0 Å². The van der Waals surface area contributed by atoms with Crippen LogP contribution in [-0.2, 0) is 0 Å². The topological polar surface area (TPSA) is 155 Å². The lowest BCUT2D eigenvalue weighted by Gasteiger charge is -2.04. The maximum Gasteiger partial charge on any atom is 0.338 e. The van der Waals surface area contributed by atoms with Gasteiger partial charge in [0.25, 0.3) is 0 Å². The maximum absolute atomic E-state index is 13.0. The van der Waals surface area contributed by atoms with Crippen LogP contribution < -0.4 is 0 Å². The highest BCUT2D eigenvalue weighted by molar-refractivity contribution is 5.95. The van der Waals surface area contributed by atoms with Crippen LogP contribution >= 0.6 is 0 Å². The lowest BCUT2D eigenvalue weighted by Crippen LogP contribution is -2.08. The molecule has 0 aliphatic carbocycles. The predicted molar refractivity (Wildman–Crippen MR) is 119 cm³/mol. The van der Waals surface area contributed by atoms with E-state index in [0.717, 1.165) is 12.1 Å². The molecule has 0 amide bonds. The summed E-state index contributed by atoms with van der Waals surface area (Å²) >= 11 is 0. The fourth-order valence-corrected chi connectivity index (χ4v) is 2.62. The van der Waals surface area contributed by atoms with Gasteiger partial charge in [-0.25, -0.2) is 23.9 Å². The second kappa shape index (κ2) is 12.2. The van der Waals surface area contributed by atoms with Crippen molar-refractivity contribution in [2.75, 3.05) is 0 Å². The van der Waals surface area contributed by atoms with Crippen LogP contribution in [0.4, 0.5) is 4.39 Å². The number of nitrogens with zero attached hydrogens (tertiary/aromatic N) is 6. The zero-order valence-corrected chi connectivity index (χ0v) is 18.1. The second-order valence-electron chi connectivity index (χ2n) is 6.03. The zero-order valence-electron chi connectivity index (χ0n) is 18.1. The summed E-state index contributed by atoms with van der Waals surface area (Å²) in [5.74, 6) is -2.58. The SMILES string of the molecule is CC.N#Cc1ccc(-n2nccn2)c(C(=O)O)c1.O=C(O)c1ccc(F)cc1-c1ncccn1. The van der Waals surface area contributed by atoms with E-state index in [2.05, 4.69) is 20.2 Å². The Kier molecular flexibility index (Phi) is 9.04. The van der Waals surface area contributed by atoms with E-state index in [4.69, 9.17) is 15.5 Å². The Labute approximate surface area is 193 Å². The number of aromatic nitrogens is 5. The van der Waals surface area contributed by atoms with E-state index in [1.54, 1.807) is 6.07 Å². The molecule has 2 heterocycles. The Morgan fingerprint density at radius 2 is 1.53 bits per heavy atom. The third kappa shape index (κ3) is 6.27. The highest BCUT2D eigenvalue weighted by atomic mass is 19.1.